The fourth-order valence-electron chi connectivity index (χ4n) is 1.98. The van der Waals surface area contributed by atoms with Gasteiger partial charge in [0, 0.05) is 0 Å². The minimum Gasteiger partial charge on any atom is -0.495 e. The van der Waals surface area contributed by atoms with Crippen LogP contribution < -0.4 is 16.2 Å². The number of anilines is 1. The molecule has 96 valence electrons. The molecule has 0 radical (unpaired) electrons. The molecule has 2 aromatic heterocycles. The number of imidazole rings is 1. The number of rotatable bonds is 2. The summed E-state index contributed by atoms with van der Waals surface area (Å²) in [5.41, 5.74) is 6.81. The molecule has 0 aliphatic rings. The Hall–Kier alpha value is -2.83. The summed E-state index contributed by atoms with van der Waals surface area (Å²) in [6, 6.07) is 7.18. The molecule has 2 heterocycles. The van der Waals surface area contributed by atoms with Crippen LogP contribution in [0.25, 0.3) is 16.9 Å². The van der Waals surface area contributed by atoms with Gasteiger partial charge in [0.15, 0.2) is 11.5 Å². The lowest BCUT2D eigenvalue weighted by atomic mass is 10.3. The van der Waals surface area contributed by atoms with Crippen LogP contribution in [-0.4, -0.2) is 26.6 Å². The molecule has 0 amide bonds. The van der Waals surface area contributed by atoms with E-state index in [0.29, 0.717) is 22.6 Å². The Bertz CT molecular complexity index is 805. The van der Waals surface area contributed by atoms with E-state index in [1.54, 1.807) is 19.2 Å². The van der Waals surface area contributed by atoms with Crippen LogP contribution in [0.5, 0.6) is 5.75 Å². The predicted molar refractivity (Wildman–Crippen MR) is 70.5 cm³/mol. The van der Waals surface area contributed by atoms with Gasteiger partial charge in [0.1, 0.15) is 17.6 Å². The molecule has 0 fully saturated rings. The van der Waals surface area contributed by atoms with Crippen LogP contribution in [0.15, 0.2) is 35.4 Å². The van der Waals surface area contributed by atoms with Crippen molar-refractivity contribution in [2.24, 2.45) is 0 Å². The number of methoxy groups -OCH3 is 1. The SMILES string of the molecule is COc1ccccc1-n1c(=O)[nH]c2c(N)ncnc21. The number of para-hydroxylation sites is 2. The average Bonchev–Trinajstić information content (AvgIpc) is 2.76. The van der Waals surface area contributed by atoms with Crippen molar-refractivity contribution in [3.05, 3.63) is 41.1 Å². The summed E-state index contributed by atoms with van der Waals surface area (Å²) in [7, 11) is 1.54. The molecule has 0 aliphatic heterocycles. The maximum absolute atomic E-state index is 12.1. The molecule has 19 heavy (non-hydrogen) atoms. The molecule has 0 atom stereocenters. The highest BCUT2D eigenvalue weighted by Crippen LogP contribution is 2.24. The summed E-state index contributed by atoms with van der Waals surface area (Å²) in [4.78, 5) is 22.7. The number of nitrogens with two attached hydrogens (primary N) is 1. The van der Waals surface area contributed by atoms with Crippen molar-refractivity contribution in [1.82, 2.24) is 19.5 Å². The Morgan fingerprint density at radius 2 is 2.11 bits per heavy atom. The third kappa shape index (κ3) is 1.63. The number of hydrogen-bond acceptors (Lipinski definition) is 5. The van der Waals surface area contributed by atoms with E-state index < -0.39 is 0 Å². The summed E-state index contributed by atoms with van der Waals surface area (Å²) in [5.74, 6) is 0.804. The first kappa shape index (κ1) is 11.3. The minimum atomic E-state index is -0.341. The summed E-state index contributed by atoms with van der Waals surface area (Å²) < 4.78 is 6.66. The number of benzene rings is 1. The monoisotopic (exact) mass is 257 g/mol. The first-order valence-corrected chi connectivity index (χ1v) is 5.57. The second-order valence-electron chi connectivity index (χ2n) is 3.89. The van der Waals surface area contributed by atoms with E-state index in [4.69, 9.17) is 10.5 Å². The Morgan fingerprint density at radius 3 is 2.89 bits per heavy atom. The Balaban J connectivity index is 2.40. The van der Waals surface area contributed by atoms with Crippen LogP contribution in [0, 0.1) is 0 Å². The Labute approximate surface area is 107 Å². The maximum Gasteiger partial charge on any atom is 0.332 e. The number of hydrogen-bond donors (Lipinski definition) is 2. The van der Waals surface area contributed by atoms with Gasteiger partial charge in [0.2, 0.25) is 0 Å². The molecule has 0 saturated carbocycles. The summed E-state index contributed by atoms with van der Waals surface area (Å²) in [5, 5.41) is 0. The van der Waals surface area contributed by atoms with Crippen LogP contribution in [0.2, 0.25) is 0 Å². The van der Waals surface area contributed by atoms with Crippen molar-refractivity contribution in [1.29, 1.82) is 0 Å². The molecule has 3 rings (SSSR count). The fraction of sp³-hybridized carbons (Fsp3) is 0.0833. The molecule has 7 nitrogen and oxygen atoms in total. The van der Waals surface area contributed by atoms with E-state index in [1.165, 1.54) is 10.9 Å². The standard InChI is InChI=1S/C12H11N5O2/c1-19-8-5-3-2-4-7(8)17-11-9(16-12(17)18)10(13)14-6-15-11/h2-6H,1H3,(H,16,18)(H2,13,14,15). The summed E-state index contributed by atoms with van der Waals surface area (Å²) in [6.07, 6.45) is 1.32. The van der Waals surface area contributed by atoms with Gasteiger partial charge < -0.3 is 15.5 Å². The van der Waals surface area contributed by atoms with E-state index in [2.05, 4.69) is 15.0 Å². The van der Waals surface area contributed by atoms with Crippen molar-refractivity contribution >= 4 is 17.0 Å². The smallest absolute Gasteiger partial charge is 0.332 e. The highest BCUT2D eigenvalue weighted by Gasteiger charge is 2.15. The number of fused-ring (bicyclic) bond motifs is 1. The topological polar surface area (TPSA) is 98.8 Å². The third-order valence-corrected chi connectivity index (χ3v) is 2.83. The highest BCUT2D eigenvalue weighted by atomic mass is 16.5. The molecule has 1 aromatic carbocycles. The fourth-order valence-corrected chi connectivity index (χ4v) is 1.98. The molecule has 0 saturated heterocycles. The molecule has 3 aromatic rings. The maximum atomic E-state index is 12.1. The lowest BCUT2D eigenvalue weighted by molar-refractivity contribution is 0.413. The average molecular weight is 257 g/mol. The molecule has 0 bridgehead atoms. The van der Waals surface area contributed by atoms with Gasteiger partial charge in [0.25, 0.3) is 0 Å². The van der Waals surface area contributed by atoms with Gasteiger partial charge in [-0.2, -0.15) is 0 Å². The summed E-state index contributed by atoms with van der Waals surface area (Å²) >= 11 is 0. The molecular formula is C12H11N5O2. The lowest BCUT2D eigenvalue weighted by Gasteiger charge is -2.08. The van der Waals surface area contributed by atoms with E-state index in [-0.39, 0.29) is 11.5 Å². The number of nitrogens with one attached hydrogen (secondary N) is 1. The second-order valence-corrected chi connectivity index (χ2v) is 3.89. The van der Waals surface area contributed by atoms with Gasteiger partial charge >= 0.3 is 5.69 Å². The number of nitrogen functional groups attached to an aromatic ring is 1. The van der Waals surface area contributed by atoms with E-state index >= 15 is 0 Å². The normalized spacial score (nSPS) is 10.8. The van der Waals surface area contributed by atoms with Crippen molar-refractivity contribution in [3.8, 4) is 11.4 Å². The first-order valence-electron chi connectivity index (χ1n) is 5.57. The Morgan fingerprint density at radius 1 is 1.32 bits per heavy atom. The first-order chi connectivity index (χ1) is 9.22. The van der Waals surface area contributed by atoms with E-state index in [0.717, 1.165) is 0 Å². The zero-order valence-corrected chi connectivity index (χ0v) is 10.1. The van der Waals surface area contributed by atoms with Crippen LogP contribution in [0.1, 0.15) is 0 Å². The van der Waals surface area contributed by atoms with Gasteiger partial charge in [-0.05, 0) is 12.1 Å². The van der Waals surface area contributed by atoms with Gasteiger partial charge in [-0.1, -0.05) is 12.1 Å². The zero-order chi connectivity index (χ0) is 13.4. The van der Waals surface area contributed by atoms with Crippen molar-refractivity contribution in [2.75, 3.05) is 12.8 Å². The highest BCUT2D eigenvalue weighted by molar-refractivity contribution is 5.82. The number of nitrogens with zero attached hydrogens (tertiary/aromatic N) is 3. The van der Waals surface area contributed by atoms with Crippen molar-refractivity contribution in [3.63, 3.8) is 0 Å². The van der Waals surface area contributed by atoms with Gasteiger partial charge in [0.05, 0.1) is 12.8 Å². The zero-order valence-electron chi connectivity index (χ0n) is 10.1. The van der Waals surface area contributed by atoms with E-state index in [9.17, 15) is 4.79 Å². The predicted octanol–water partition coefficient (Wildman–Crippen LogP) is 0.700. The number of aromatic nitrogens is 4. The van der Waals surface area contributed by atoms with E-state index in [1.807, 2.05) is 12.1 Å². The minimum absolute atomic E-state index is 0.232. The largest absolute Gasteiger partial charge is 0.495 e. The molecular weight excluding hydrogens is 246 g/mol. The molecule has 0 aliphatic carbocycles. The Kier molecular flexibility index (Phi) is 2.45. The molecule has 7 heteroatoms. The quantitative estimate of drug-likeness (QED) is 0.704. The molecule has 3 N–H and O–H groups in total. The third-order valence-electron chi connectivity index (χ3n) is 2.83. The summed E-state index contributed by atoms with van der Waals surface area (Å²) in [6.45, 7) is 0. The number of aromatic amines is 1. The van der Waals surface area contributed by atoms with Crippen LogP contribution >= 0.6 is 0 Å². The lowest BCUT2D eigenvalue weighted by Crippen LogP contribution is -2.15. The molecule has 0 spiro atoms. The van der Waals surface area contributed by atoms with Crippen LogP contribution in [-0.2, 0) is 0 Å². The number of H-pyrrole nitrogens is 1. The van der Waals surface area contributed by atoms with Gasteiger partial charge in [-0.15, -0.1) is 0 Å². The van der Waals surface area contributed by atoms with Crippen molar-refractivity contribution in [2.45, 2.75) is 0 Å². The van der Waals surface area contributed by atoms with Crippen LogP contribution in [0.4, 0.5) is 5.82 Å². The van der Waals surface area contributed by atoms with Crippen LogP contribution in [0.3, 0.4) is 0 Å². The second kappa shape index (κ2) is 4.13. The van der Waals surface area contributed by atoms with Gasteiger partial charge in [-0.25, -0.2) is 19.3 Å². The molecule has 0 unspecified atom stereocenters. The van der Waals surface area contributed by atoms with Crippen molar-refractivity contribution < 1.29 is 4.74 Å². The number of ether oxygens (including phenoxy) is 1. The van der Waals surface area contributed by atoms with Gasteiger partial charge in [-0.3, -0.25) is 0 Å².